The predicted molar refractivity (Wildman–Crippen MR) is 144 cm³/mol. The Morgan fingerprint density at radius 2 is 1.54 bits per heavy atom. The molecule has 1 aliphatic heterocycles. The molecule has 6 atom stereocenters. The second-order valence-electron chi connectivity index (χ2n) is 9.47. The van der Waals surface area contributed by atoms with Crippen LogP contribution >= 0.6 is 23.5 Å². The van der Waals surface area contributed by atoms with Crippen molar-refractivity contribution < 1.29 is 74.5 Å². The summed E-state index contributed by atoms with van der Waals surface area (Å²) in [6, 6.07) is 8.05. The lowest BCUT2D eigenvalue weighted by atomic mass is 10.0. The Morgan fingerprint density at radius 3 is 2.15 bits per heavy atom. The minimum absolute atomic E-state index is 0.135. The van der Waals surface area contributed by atoms with E-state index in [1.54, 1.807) is 0 Å². The van der Waals surface area contributed by atoms with E-state index < -0.39 is 84.1 Å². The summed E-state index contributed by atoms with van der Waals surface area (Å²) in [6.45, 7) is -1.60. The van der Waals surface area contributed by atoms with E-state index in [2.05, 4.69) is 18.1 Å². The van der Waals surface area contributed by atoms with Gasteiger partial charge >= 0.3 is 35.3 Å². The van der Waals surface area contributed by atoms with Gasteiger partial charge in [0.25, 0.3) is 5.56 Å². The molecule has 0 aliphatic carbocycles. The Labute approximate surface area is 254 Å². The molecule has 3 aromatic rings. The number of benzene rings is 1. The summed E-state index contributed by atoms with van der Waals surface area (Å²) >= 11 is 0. The molecule has 0 radical (unpaired) electrons. The van der Waals surface area contributed by atoms with Crippen LogP contribution < -0.4 is 11.2 Å². The van der Waals surface area contributed by atoms with Crippen LogP contribution in [0.25, 0.3) is 11.1 Å². The van der Waals surface area contributed by atoms with Crippen molar-refractivity contribution in [3.05, 3.63) is 87.0 Å². The van der Waals surface area contributed by atoms with Gasteiger partial charge in [-0.05, 0) is 35.4 Å². The maximum atomic E-state index is 13.3. The maximum absolute atomic E-state index is 13.3. The molecule has 1 aliphatic rings. The van der Waals surface area contributed by atoms with E-state index in [0.29, 0.717) is 20.3 Å². The fourth-order valence-electron chi connectivity index (χ4n) is 4.20. The van der Waals surface area contributed by atoms with Gasteiger partial charge in [-0.15, -0.1) is 0 Å². The summed E-state index contributed by atoms with van der Waals surface area (Å²) in [5.74, 6) is 0. The molecule has 252 valence electrons. The SMILES string of the molecule is O=c1ccn([C@@H]2O[C@H](COP(=O)(O)OP(=O)(O)OP(=O)(O)O)C(O)C2O)c(=O)n1Cc1cc(-c2ccc(C(F)(F)F)cc2)ccn1. The Hall–Kier alpha value is -2.87. The predicted octanol–water partition coefficient (Wildman–Crippen LogP) is 1.10. The first-order valence-electron chi connectivity index (χ1n) is 12.4. The number of rotatable bonds is 11. The smallest absolute Gasteiger partial charge is 0.387 e. The molecule has 0 amide bonds. The first kappa shape index (κ1) is 36.0. The van der Waals surface area contributed by atoms with Crippen LogP contribution in [0, 0.1) is 0 Å². The van der Waals surface area contributed by atoms with Gasteiger partial charge in [-0.3, -0.25) is 23.4 Å². The fourth-order valence-corrected chi connectivity index (χ4v) is 7.23. The number of ether oxygens (including phenoxy) is 1. The minimum atomic E-state index is -5.84. The second-order valence-corrected chi connectivity index (χ2v) is 13.9. The fraction of sp³-hybridized carbons (Fsp3) is 0.318. The highest BCUT2D eigenvalue weighted by molar-refractivity contribution is 7.66. The van der Waals surface area contributed by atoms with E-state index in [1.165, 1.54) is 30.5 Å². The molecule has 1 aromatic carbocycles. The Kier molecular flexibility index (Phi) is 10.4. The van der Waals surface area contributed by atoms with Gasteiger partial charge in [-0.25, -0.2) is 18.5 Å². The van der Waals surface area contributed by atoms with Crippen LogP contribution in [0.1, 0.15) is 17.5 Å². The van der Waals surface area contributed by atoms with Crippen LogP contribution in [0.2, 0.25) is 0 Å². The average molecular weight is 719 g/mol. The number of aromatic nitrogens is 3. The van der Waals surface area contributed by atoms with Crippen molar-refractivity contribution in [1.82, 2.24) is 14.1 Å². The second kappa shape index (κ2) is 13.3. The molecule has 4 rings (SSSR count). The van der Waals surface area contributed by atoms with Crippen molar-refractivity contribution in [2.24, 2.45) is 0 Å². The number of pyridine rings is 1. The van der Waals surface area contributed by atoms with Crippen molar-refractivity contribution in [3.63, 3.8) is 0 Å². The molecular formula is C22H23F3N3O15P3. The molecule has 0 bridgehead atoms. The number of alkyl halides is 3. The van der Waals surface area contributed by atoms with E-state index in [1.807, 2.05) is 0 Å². The van der Waals surface area contributed by atoms with Crippen LogP contribution in [0.3, 0.4) is 0 Å². The third-order valence-corrected chi connectivity index (χ3v) is 10.0. The van der Waals surface area contributed by atoms with Gasteiger partial charge in [0.15, 0.2) is 6.23 Å². The van der Waals surface area contributed by atoms with Crippen LogP contribution in [0.4, 0.5) is 13.2 Å². The first-order valence-corrected chi connectivity index (χ1v) is 16.9. The molecule has 46 heavy (non-hydrogen) atoms. The highest BCUT2D eigenvalue weighted by Crippen LogP contribution is 2.66. The van der Waals surface area contributed by atoms with Crippen molar-refractivity contribution in [2.75, 3.05) is 6.61 Å². The van der Waals surface area contributed by atoms with Crippen molar-refractivity contribution in [2.45, 2.75) is 37.3 Å². The quantitative estimate of drug-likeness (QED) is 0.152. The van der Waals surface area contributed by atoms with Gasteiger partial charge in [-0.1, -0.05) is 12.1 Å². The molecule has 4 unspecified atom stereocenters. The molecule has 0 saturated carbocycles. The number of aliphatic hydroxyl groups excluding tert-OH is 2. The third-order valence-electron chi connectivity index (χ3n) is 6.21. The van der Waals surface area contributed by atoms with E-state index >= 15 is 0 Å². The summed E-state index contributed by atoms with van der Waals surface area (Å²) in [5.41, 5.74) is -1.84. The highest BCUT2D eigenvalue weighted by Gasteiger charge is 2.47. The largest absolute Gasteiger partial charge is 0.490 e. The number of nitrogens with zero attached hydrogens (tertiary/aromatic N) is 3. The number of phosphoric ester groups is 1. The van der Waals surface area contributed by atoms with Gasteiger partial charge in [0.1, 0.15) is 18.3 Å². The number of hydrogen-bond donors (Lipinski definition) is 6. The zero-order chi connectivity index (χ0) is 34.2. The summed E-state index contributed by atoms with van der Waals surface area (Å²) in [7, 11) is -17.1. The van der Waals surface area contributed by atoms with Crippen molar-refractivity contribution in [3.8, 4) is 11.1 Å². The number of hydrogen-bond acceptors (Lipinski definition) is 12. The summed E-state index contributed by atoms with van der Waals surface area (Å²) in [4.78, 5) is 66.0. The average Bonchev–Trinajstić information content (AvgIpc) is 3.20. The van der Waals surface area contributed by atoms with Crippen LogP contribution in [0.15, 0.2) is 64.4 Å². The van der Waals surface area contributed by atoms with Crippen molar-refractivity contribution in [1.29, 1.82) is 0 Å². The van der Waals surface area contributed by atoms with Crippen LogP contribution in [0.5, 0.6) is 0 Å². The number of phosphoric acid groups is 3. The molecule has 1 saturated heterocycles. The van der Waals surface area contributed by atoms with E-state index in [-0.39, 0.29) is 5.69 Å². The number of halogens is 3. The molecule has 2 aromatic heterocycles. The summed E-state index contributed by atoms with van der Waals surface area (Å²) in [5, 5.41) is 20.9. The minimum Gasteiger partial charge on any atom is -0.387 e. The van der Waals surface area contributed by atoms with Gasteiger partial charge in [0.2, 0.25) is 0 Å². The maximum Gasteiger partial charge on any atom is 0.490 e. The van der Waals surface area contributed by atoms with E-state index in [4.69, 9.17) is 14.5 Å². The Balaban J connectivity index is 1.50. The van der Waals surface area contributed by atoms with Gasteiger partial charge in [-0.2, -0.15) is 21.8 Å². The zero-order valence-corrected chi connectivity index (χ0v) is 25.3. The molecule has 0 spiro atoms. The molecule has 24 heteroatoms. The molecule has 6 N–H and O–H groups in total. The van der Waals surface area contributed by atoms with E-state index in [0.717, 1.165) is 24.4 Å². The lowest BCUT2D eigenvalue weighted by molar-refractivity contribution is -0.137. The molecule has 18 nitrogen and oxygen atoms in total. The van der Waals surface area contributed by atoms with Gasteiger partial charge in [0.05, 0.1) is 24.4 Å². The third kappa shape index (κ3) is 8.93. The monoisotopic (exact) mass is 719 g/mol. The number of aliphatic hydroxyl groups is 2. The van der Waals surface area contributed by atoms with Crippen LogP contribution in [-0.4, -0.2) is 68.8 Å². The molecule has 3 heterocycles. The molecule has 1 fully saturated rings. The van der Waals surface area contributed by atoms with Crippen molar-refractivity contribution >= 4 is 23.5 Å². The van der Waals surface area contributed by atoms with Crippen LogP contribution in [-0.2, 0) is 44.3 Å². The normalized spacial score (nSPS) is 23.2. The lowest BCUT2D eigenvalue weighted by Gasteiger charge is -2.19. The summed E-state index contributed by atoms with van der Waals surface area (Å²) < 4.78 is 91.2. The van der Waals surface area contributed by atoms with Gasteiger partial charge < -0.3 is 34.5 Å². The Morgan fingerprint density at radius 1 is 0.891 bits per heavy atom. The topological polar surface area (TPSA) is 266 Å². The lowest BCUT2D eigenvalue weighted by Crippen LogP contribution is -2.43. The first-order chi connectivity index (χ1) is 21.2. The van der Waals surface area contributed by atoms with E-state index in [9.17, 15) is 56.5 Å². The van der Waals surface area contributed by atoms with Gasteiger partial charge in [0, 0.05) is 18.5 Å². The summed E-state index contributed by atoms with van der Waals surface area (Å²) in [6.07, 6.45) is -9.60. The zero-order valence-electron chi connectivity index (χ0n) is 22.6. The molecular weight excluding hydrogens is 696 g/mol. The standard InChI is InChI=1S/C22H23F3N3O15P3/c23-22(24,25)14-3-1-12(2-4-14)13-5-7-26-15(9-13)10-28-17(29)6-8-27(21(28)32)20-19(31)18(30)16(41-20)11-40-45(36,37)43-46(38,39)42-44(33,34)35/h1-9,16,18-20,30-31H,10-11H2,(H,36,37)(H,38,39)(H2,33,34,35)/t16-,18?,19?,20-/m1/s1. The Bertz CT molecular complexity index is 1850. The highest BCUT2D eigenvalue weighted by atomic mass is 31.3.